The number of hydrogen-bond acceptors (Lipinski definition) is 9. The molecule has 1 aliphatic carbocycles. The van der Waals surface area contributed by atoms with Crippen LogP contribution in [0.15, 0.2) is 54.7 Å². The van der Waals surface area contributed by atoms with Crippen molar-refractivity contribution in [3.63, 3.8) is 0 Å². The standard InChI is InChI=1S/C44H53N9O6/c1-22(2)36(50-43(56)58-7)41(54)52-25(6)24(5)17-34(52)40-47-31(20-45)38(49-40)29-15-11-27(12-16-29)26-9-13-28(14-10-26)32-21-46-39(48-32)35-19-30-18-33(30)53(35)42(55)37(23(3)4)51-44(57)59-8/h9-16,21-25,30,33-37H,17-19H2,1-8H3,(H,46,48)(H,47,49)(H,50,56)(H,51,57)/t24-,25?,30-,33-,34+,35+,36+,37+/m1/s1. The Labute approximate surface area is 344 Å². The SMILES string of the molecule is COC(=O)N[C@H](C(=O)N1C(C)[C@H](C)C[C@H]1c1nc(C#N)c(-c2ccc(-c3ccc(-c4cnc([C@@H]5C[C@H]6C[C@H]6N5C(=O)[C@@H](NC(=O)OC)C(C)C)[nH]4)cc3)cc2)[nH]1)C(C)C. The number of piperidine rings is 1. The van der Waals surface area contributed by atoms with Gasteiger partial charge in [-0.05, 0) is 66.5 Å². The first kappa shape index (κ1) is 41.0. The minimum Gasteiger partial charge on any atom is -0.453 e. The summed E-state index contributed by atoms with van der Waals surface area (Å²) in [6.45, 7) is 11.6. The zero-order chi connectivity index (χ0) is 42.3. The van der Waals surface area contributed by atoms with Crippen LogP contribution in [0.4, 0.5) is 9.59 Å². The van der Waals surface area contributed by atoms with E-state index < -0.39 is 30.3 Å². The first-order chi connectivity index (χ1) is 28.2. The summed E-state index contributed by atoms with van der Waals surface area (Å²) in [5, 5.41) is 15.6. The highest BCUT2D eigenvalue weighted by Gasteiger charge is 2.56. The number of likely N-dealkylation sites (tertiary alicyclic amines) is 2. The van der Waals surface area contributed by atoms with Crippen molar-refractivity contribution in [2.24, 2.45) is 23.7 Å². The average molecular weight is 804 g/mol. The van der Waals surface area contributed by atoms with Crippen LogP contribution in [-0.2, 0) is 19.1 Å². The number of benzene rings is 2. The highest BCUT2D eigenvalue weighted by atomic mass is 16.5. The van der Waals surface area contributed by atoms with Crippen LogP contribution in [0.25, 0.3) is 33.6 Å². The number of nitrogens with one attached hydrogen (secondary N) is 4. The predicted octanol–water partition coefficient (Wildman–Crippen LogP) is 6.73. The summed E-state index contributed by atoms with van der Waals surface area (Å²) < 4.78 is 9.59. The van der Waals surface area contributed by atoms with Crippen molar-refractivity contribution in [3.05, 3.63) is 72.1 Å². The third-order valence-electron chi connectivity index (χ3n) is 12.3. The molecule has 2 aromatic heterocycles. The predicted molar refractivity (Wildman–Crippen MR) is 219 cm³/mol. The molecule has 310 valence electrons. The minimum atomic E-state index is -0.784. The first-order valence-corrected chi connectivity index (χ1v) is 20.3. The van der Waals surface area contributed by atoms with E-state index in [1.54, 1.807) is 11.1 Å². The van der Waals surface area contributed by atoms with Crippen LogP contribution >= 0.6 is 0 Å². The molecule has 4 N–H and O–H groups in total. The Balaban J connectivity index is 1.06. The third-order valence-corrected chi connectivity index (χ3v) is 12.3. The van der Waals surface area contributed by atoms with E-state index in [0.717, 1.165) is 46.6 Å². The van der Waals surface area contributed by atoms with E-state index in [9.17, 15) is 24.4 Å². The molecule has 2 aliphatic heterocycles. The van der Waals surface area contributed by atoms with Gasteiger partial charge in [0.2, 0.25) is 11.8 Å². The molecule has 3 fully saturated rings. The van der Waals surface area contributed by atoms with Gasteiger partial charge in [-0.1, -0.05) is 83.1 Å². The second-order valence-corrected chi connectivity index (χ2v) is 16.8. The number of aromatic amines is 2. The lowest BCUT2D eigenvalue weighted by atomic mass is 10.0. The molecule has 7 rings (SSSR count). The van der Waals surface area contributed by atoms with Gasteiger partial charge in [0.15, 0.2) is 5.69 Å². The quantitative estimate of drug-likeness (QED) is 0.127. The zero-order valence-electron chi connectivity index (χ0n) is 34.8. The van der Waals surface area contributed by atoms with Crippen molar-refractivity contribution in [3.8, 4) is 39.7 Å². The summed E-state index contributed by atoms with van der Waals surface area (Å²) in [6.07, 6.45) is 2.94. The van der Waals surface area contributed by atoms with E-state index in [1.807, 2.05) is 88.0 Å². The van der Waals surface area contributed by atoms with Gasteiger partial charge in [0.05, 0.1) is 43.9 Å². The van der Waals surface area contributed by atoms with E-state index in [4.69, 9.17) is 19.4 Å². The summed E-state index contributed by atoms with van der Waals surface area (Å²) in [5.41, 5.74) is 5.37. The van der Waals surface area contributed by atoms with Crippen molar-refractivity contribution in [1.29, 1.82) is 5.26 Å². The summed E-state index contributed by atoms with van der Waals surface area (Å²) in [5.74, 6) is 1.22. The number of nitriles is 1. The molecule has 4 amide bonds. The molecular formula is C44H53N9O6. The highest BCUT2D eigenvalue weighted by Crippen LogP contribution is 2.53. The molecule has 3 aliphatic rings. The number of ether oxygens (including phenoxy) is 2. The zero-order valence-corrected chi connectivity index (χ0v) is 34.8. The van der Waals surface area contributed by atoms with Crippen LogP contribution in [0.1, 0.15) is 90.2 Å². The molecule has 15 heteroatoms. The molecule has 0 spiro atoms. The number of H-pyrrole nitrogens is 2. The molecule has 4 aromatic rings. The Bertz CT molecular complexity index is 2240. The Morgan fingerprint density at radius 3 is 1.81 bits per heavy atom. The van der Waals surface area contributed by atoms with Crippen LogP contribution in [-0.4, -0.2) is 92.1 Å². The number of imidazole rings is 2. The lowest BCUT2D eigenvalue weighted by Crippen LogP contribution is -2.53. The molecule has 0 bridgehead atoms. The third kappa shape index (κ3) is 8.00. The molecule has 2 aromatic carbocycles. The van der Waals surface area contributed by atoms with Crippen LogP contribution in [0.2, 0.25) is 0 Å². The van der Waals surface area contributed by atoms with Crippen molar-refractivity contribution < 1.29 is 28.7 Å². The normalized spacial score (nSPS) is 23.1. The van der Waals surface area contributed by atoms with Crippen molar-refractivity contribution in [2.45, 2.75) is 97.1 Å². The van der Waals surface area contributed by atoms with Gasteiger partial charge < -0.3 is 39.9 Å². The summed E-state index contributed by atoms with van der Waals surface area (Å²) >= 11 is 0. The number of hydrogen-bond donors (Lipinski definition) is 4. The monoisotopic (exact) mass is 803 g/mol. The van der Waals surface area contributed by atoms with Crippen molar-refractivity contribution in [2.75, 3.05) is 14.2 Å². The van der Waals surface area contributed by atoms with Gasteiger partial charge in [-0.2, -0.15) is 5.26 Å². The fourth-order valence-corrected chi connectivity index (χ4v) is 8.72. The maximum Gasteiger partial charge on any atom is 0.407 e. The second-order valence-electron chi connectivity index (χ2n) is 16.8. The fraction of sp³-hybridized carbons (Fsp3) is 0.477. The van der Waals surface area contributed by atoms with E-state index in [-0.39, 0.29) is 53.4 Å². The van der Waals surface area contributed by atoms with Gasteiger partial charge in [0.1, 0.15) is 29.8 Å². The van der Waals surface area contributed by atoms with Crippen molar-refractivity contribution in [1.82, 2.24) is 40.4 Å². The van der Waals surface area contributed by atoms with Gasteiger partial charge in [0.25, 0.3) is 0 Å². The molecule has 1 saturated carbocycles. The summed E-state index contributed by atoms with van der Waals surface area (Å²) in [6, 6.07) is 16.2. The van der Waals surface area contributed by atoms with Crippen LogP contribution < -0.4 is 10.6 Å². The van der Waals surface area contributed by atoms with Gasteiger partial charge in [0, 0.05) is 17.6 Å². The highest BCUT2D eigenvalue weighted by molar-refractivity contribution is 5.88. The second kappa shape index (κ2) is 16.6. The lowest BCUT2D eigenvalue weighted by molar-refractivity contribution is -0.138. The maximum atomic E-state index is 14.0. The van der Waals surface area contributed by atoms with E-state index in [2.05, 4.69) is 33.6 Å². The van der Waals surface area contributed by atoms with Gasteiger partial charge >= 0.3 is 12.2 Å². The molecule has 15 nitrogen and oxygen atoms in total. The van der Waals surface area contributed by atoms with E-state index >= 15 is 0 Å². The van der Waals surface area contributed by atoms with Gasteiger partial charge in [-0.25, -0.2) is 19.6 Å². The van der Waals surface area contributed by atoms with E-state index in [1.165, 1.54) is 14.2 Å². The Morgan fingerprint density at radius 2 is 1.27 bits per heavy atom. The number of carbonyl (C=O) groups excluding carboxylic acids is 4. The summed E-state index contributed by atoms with van der Waals surface area (Å²) in [7, 11) is 2.56. The average Bonchev–Trinajstić information content (AvgIpc) is 3.62. The van der Waals surface area contributed by atoms with Crippen molar-refractivity contribution >= 4 is 24.0 Å². The number of alkyl carbamates (subject to hydrolysis) is 2. The largest absolute Gasteiger partial charge is 0.453 e. The number of aromatic nitrogens is 4. The number of rotatable bonds is 11. The van der Waals surface area contributed by atoms with Crippen LogP contribution in [0, 0.1) is 35.0 Å². The number of fused-ring (bicyclic) bond motifs is 1. The molecule has 8 atom stereocenters. The first-order valence-electron chi connectivity index (χ1n) is 20.3. The number of methoxy groups -OCH3 is 2. The Morgan fingerprint density at radius 1 is 0.746 bits per heavy atom. The topological polar surface area (TPSA) is 198 Å². The lowest BCUT2D eigenvalue weighted by Gasteiger charge is -2.33. The van der Waals surface area contributed by atoms with Crippen LogP contribution in [0.5, 0.6) is 0 Å². The van der Waals surface area contributed by atoms with Gasteiger partial charge in [-0.15, -0.1) is 0 Å². The molecule has 1 unspecified atom stereocenters. The number of amides is 4. The molecule has 2 saturated heterocycles. The molecule has 4 heterocycles. The minimum absolute atomic E-state index is 0.113. The number of nitrogens with zero attached hydrogens (tertiary/aromatic N) is 5. The van der Waals surface area contributed by atoms with E-state index in [0.29, 0.717) is 23.9 Å². The summed E-state index contributed by atoms with van der Waals surface area (Å²) in [4.78, 5) is 71.9. The maximum absolute atomic E-state index is 14.0. The molecule has 0 radical (unpaired) electrons. The molecule has 59 heavy (non-hydrogen) atoms. The number of carbonyl (C=O) groups is 4. The smallest absolute Gasteiger partial charge is 0.407 e. The van der Waals surface area contributed by atoms with Crippen LogP contribution in [0.3, 0.4) is 0 Å². The fourth-order valence-electron chi connectivity index (χ4n) is 8.72. The molecular weight excluding hydrogens is 751 g/mol. The van der Waals surface area contributed by atoms with Gasteiger partial charge in [-0.3, -0.25) is 9.59 Å². The Kier molecular flexibility index (Phi) is 11.5. The Hall–Kier alpha value is -6.17.